The molecular formula is C12H29N2O6S2+. The molecule has 0 heterocycles. The average Bonchev–Trinajstić information content (AvgIpc) is 2.30. The molecule has 0 aromatic carbocycles. The van der Waals surface area contributed by atoms with Gasteiger partial charge in [-0.3, -0.25) is 14.0 Å². The van der Waals surface area contributed by atoms with E-state index in [2.05, 4.69) is 4.90 Å². The molecule has 0 bridgehead atoms. The van der Waals surface area contributed by atoms with Gasteiger partial charge in [-0.15, -0.1) is 0 Å². The minimum Gasteiger partial charge on any atom is -0.327 e. The molecule has 0 fully saturated rings. The van der Waals surface area contributed by atoms with Crippen LogP contribution in [-0.2, 0) is 20.2 Å². The van der Waals surface area contributed by atoms with E-state index in [0.717, 1.165) is 19.6 Å². The van der Waals surface area contributed by atoms with E-state index in [1.807, 2.05) is 21.0 Å². The second-order valence-electron chi connectivity index (χ2n) is 6.10. The Morgan fingerprint density at radius 2 is 1.36 bits per heavy atom. The molecule has 0 saturated carbocycles. The molecular weight excluding hydrogens is 332 g/mol. The summed E-state index contributed by atoms with van der Waals surface area (Å²) in [7, 11) is -3.85. The second-order valence-corrected chi connectivity index (χ2v) is 9.24. The van der Waals surface area contributed by atoms with E-state index >= 15 is 0 Å². The van der Waals surface area contributed by atoms with Crippen molar-refractivity contribution >= 4 is 20.2 Å². The van der Waals surface area contributed by atoms with Gasteiger partial charge >= 0.3 is 0 Å². The first-order valence-corrected chi connectivity index (χ1v) is 10.5. The molecule has 0 spiro atoms. The highest BCUT2D eigenvalue weighted by atomic mass is 32.2. The van der Waals surface area contributed by atoms with Crippen molar-refractivity contribution in [3.63, 3.8) is 0 Å². The van der Waals surface area contributed by atoms with E-state index in [0.29, 0.717) is 30.4 Å². The van der Waals surface area contributed by atoms with Gasteiger partial charge in [0.15, 0.2) is 0 Å². The molecule has 0 atom stereocenters. The van der Waals surface area contributed by atoms with Crippen molar-refractivity contribution in [3.8, 4) is 0 Å². The lowest BCUT2D eigenvalue weighted by Crippen LogP contribution is -2.46. The Kier molecular flexibility index (Phi) is 9.03. The van der Waals surface area contributed by atoms with Crippen LogP contribution in [0.5, 0.6) is 0 Å². The molecule has 0 aliphatic carbocycles. The first-order valence-electron chi connectivity index (χ1n) is 7.29. The van der Waals surface area contributed by atoms with Crippen molar-refractivity contribution < 1.29 is 30.4 Å². The van der Waals surface area contributed by atoms with E-state index in [-0.39, 0.29) is 11.5 Å². The summed E-state index contributed by atoms with van der Waals surface area (Å²) in [6.45, 7) is 5.50. The van der Waals surface area contributed by atoms with Crippen LogP contribution in [0.1, 0.15) is 19.8 Å². The van der Waals surface area contributed by atoms with Gasteiger partial charge in [-0.2, -0.15) is 16.8 Å². The third kappa shape index (κ3) is 13.4. The molecule has 10 heteroatoms. The van der Waals surface area contributed by atoms with Crippen molar-refractivity contribution in [3.05, 3.63) is 0 Å². The van der Waals surface area contributed by atoms with Crippen LogP contribution in [0, 0.1) is 0 Å². The summed E-state index contributed by atoms with van der Waals surface area (Å²) in [6.07, 6.45) is 0.767. The highest BCUT2D eigenvalue weighted by Gasteiger charge is 2.18. The molecule has 0 amide bonds. The first-order chi connectivity index (χ1) is 9.85. The molecule has 8 nitrogen and oxygen atoms in total. The molecule has 2 N–H and O–H groups in total. The van der Waals surface area contributed by atoms with Crippen LogP contribution in [0.4, 0.5) is 0 Å². The maximum Gasteiger partial charge on any atom is 0.265 e. The number of hydrogen-bond acceptors (Lipinski definition) is 5. The first kappa shape index (κ1) is 21.7. The summed E-state index contributed by atoms with van der Waals surface area (Å²) in [4.78, 5) is 2.09. The van der Waals surface area contributed by atoms with Crippen molar-refractivity contribution in [1.29, 1.82) is 0 Å². The van der Waals surface area contributed by atoms with E-state index in [1.165, 1.54) is 0 Å². The average molecular weight is 362 g/mol. The number of nitrogens with zero attached hydrogens (tertiary/aromatic N) is 2. The smallest absolute Gasteiger partial charge is 0.265 e. The molecule has 0 aliphatic rings. The lowest BCUT2D eigenvalue weighted by molar-refractivity contribution is -0.889. The summed E-state index contributed by atoms with van der Waals surface area (Å²) < 4.78 is 60.8. The zero-order valence-corrected chi connectivity index (χ0v) is 15.2. The Morgan fingerprint density at radius 3 is 1.82 bits per heavy atom. The Balaban J connectivity index is 4.13. The predicted octanol–water partition coefficient (Wildman–Crippen LogP) is -0.0595. The number of hydrogen-bond donors (Lipinski definition) is 2. The molecule has 0 rings (SSSR count). The molecule has 0 radical (unpaired) electrons. The van der Waals surface area contributed by atoms with Crippen molar-refractivity contribution in [2.75, 3.05) is 58.3 Å². The molecule has 22 heavy (non-hydrogen) atoms. The minimum absolute atomic E-state index is 0.236. The zero-order chi connectivity index (χ0) is 17.4. The molecule has 0 saturated heterocycles. The van der Waals surface area contributed by atoms with Crippen LogP contribution in [0.15, 0.2) is 0 Å². The second kappa shape index (κ2) is 9.14. The Bertz CT molecular complexity index is 516. The number of likely N-dealkylation sites (N-methyl/N-ethyl adjacent to an activating group) is 2. The third-order valence-electron chi connectivity index (χ3n) is 3.51. The van der Waals surface area contributed by atoms with Gasteiger partial charge in [0.1, 0.15) is 0 Å². The van der Waals surface area contributed by atoms with Crippen LogP contribution < -0.4 is 0 Å². The van der Waals surface area contributed by atoms with Crippen LogP contribution in [0.3, 0.4) is 0 Å². The van der Waals surface area contributed by atoms with E-state index in [4.69, 9.17) is 9.11 Å². The van der Waals surface area contributed by atoms with Gasteiger partial charge in [0.25, 0.3) is 20.2 Å². The minimum atomic E-state index is -3.91. The largest absolute Gasteiger partial charge is 0.327 e. The SMILES string of the molecule is CCN(CCCS(=O)(=O)O)CC[N+](C)(C)CCCS(=O)(=O)O. The zero-order valence-electron chi connectivity index (χ0n) is 13.6. The fourth-order valence-corrected chi connectivity index (χ4v) is 3.09. The van der Waals surface area contributed by atoms with Crippen molar-refractivity contribution in [2.24, 2.45) is 0 Å². The highest BCUT2D eigenvalue weighted by Crippen LogP contribution is 2.03. The van der Waals surface area contributed by atoms with E-state index in [9.17, 15) is 16.8 Å². The fraction of sp³-hybridized carbons (Fsp3) is 1.00. The Morgan fingerprint density at radius 1 is 0.864 bits per heavy atom. The van der Waals surface area contributed by atoms with Gasteiger partial charge in [0, 0.05) is 13.0 Å². The fourth-order valence-electron chi connectivity index (χ4n) is 2.10. The monoisotopic (exact) mass is 361 g/mol. The van der Waals surface area contributed by atoms with Gasteiger partial charge in [-0.05, 0) is 19.5 Å². The molecule has 0 unspecified atom stereocenters. The topological polar surface area (TPSA) is 112 Å². The lowest BCUT2D eigenvalue weighted by atomic mass is 10.3. The van der Waals surface area contributed by atoms with Crippen LogP contribution in [0.25, 0.3) is 0 Å². The molecule has 134 valence electrons. The van der Waals surface area contributed by atoms with Gasteiger partial charge < -0.3 is 4.48 Å². The highest BCUT2D eigenvalue weighted by molar-refractivity contribution is 7.86. The predicted molar refractivity (Wildman–Crippen MR) is 86.0 cm³/mol. The van der Waals surface area contributed by atoms with Crippen LogP contribution in [-0.4, -0.2) is 93.6 Å². The molecule has 0 aromatic heterocycles. The lowest BCUT2D eigenvalue weighted by Gasteiger charge is -2.32. The Hall–Kier alpha value is -0.260. The van der Waals surface area contributed by atoms with Crippen molar-refractivity contribution in [2.45, 2.75) is 19.8 Å². The Labute approximate surface area is 134 Å². The number of quaternary nitrogens is 1. The summed E-state index contributed by atoms with van der Waals surface area (Å²) in [5.74, 6) is -0.476. The quantitative estimate of drug-likeness (QED) is 0.370. The normalized spacial score (nSPS) is 13.7. The van der Waals surface area contributed by atoms with Gasteiger partial charge in [-0.25, -0.2) is 0 Å². The van der Waals surface area contributed by atoms with Gasteiger partial charge in [0.2, 0.25) is 0 Å². The maximum atomic E-state index is 10.7. The standard InChI is InChI=1S/C12H28N2O6S2/c1-4-13(7-5-11-21(15,16)17)8-10-14(2,3)9-6-12-22(18,19)20/h4-12H2,1-3H3,(H-,15,16,17,18,19,20)/p+1. The van der Waals surface area contributed by atoms with Crippen molar-refractivity contribution in [1.82, 2.24) is 4.90 Å². The van der Waals surface area contributed by atoms with E-state index in [1.54, 1.807) is 0 Å². The molecule has 0 aliphatic heterocycles. The summed E-state index contributed by atoms with van der Waals surface area (Å²) in [5, 5.41) is 0. The van der Waals surface area contributed by atoms with Gasteiger partial charge in [0.05, 0.1) is 38.7 Å². The van der Waals surface area contributed by atoms with E-state index < -0.39 is 20.2 Å². The summed E-state index contributed by atoms with van der Waals surface area (Å²) in [6, 6.07) is 0. The van der Waals surface area contributed by atoms with Gasteiger partial charge in [-0.1, -0.05) is 6.92 Å². The van der Waals surface area contributed by atoms with Crippen LogP contribution >= 0.6 is 0 Å². The molecule has 0 aromatic rings. The summed E-state index contributed by atoms with van der Waals surface area (Å²) in [5.41, 5.74) is 0. The maximum absolute atomic E-state index is 10.7. The number of rotatable bonds is 12. The van der Waals surface area contributed by atoms with Crippen LogP contribution in [0.2, 0.25) is 0 Å². The summed E-state index contributed by atoms with van der Waals surface area (Å²) >= 11 is 0. The third-order valence-corrected chi connectivity index (χ3v) is 5.12.